The zero-order chi connectivity index (χ0) is 25.5. The Morgan fingerprint density at radius 3 is 2.53 bits per heavy atom. The molecule has 0 aliphatic carbocycles. The molecule has 6 rings (SSSR count). The van der Waals surface area contributed by atoms with Crippen molar-refractivity contribution in [2.75, 3.05) is 37.9 Å². The van der Waals surface area contributed by atoms with Gasteiger partial charge in [0.2, 0.25) is 6.79 Å². The van der Waals surface area contributed by atoms with Crippen LogP contribution in [0.15, 0.2) is 63.8 Å². The molecule has 38 heavy (non-hydrogen) atoms. The van der Waals surface area contributed by atoms with E-state index in [9.17, 15) is 9.59 Å². The van der Waals surface area contributed by atoms with Gasteiger partial charge in [-0.2, -0.15) is 0 Å². The number of benzene rings is 3. The highest BCUT2D eigenvalue weighted by Gasteiger charge is 2.26. The second-order valence-electron chi connectivity index (χ2n) is 8.80. The number of halogens is 1. The molecule has 0 atom stereocenters. The molecule has 3 heterocycles. The van der Waals surface area contributed by atoms with E-state index in [2.05, 4.69) is 18.7 Å². The number of carbonyl (C=O) groups is 1. The molecule has 1 aliphatic heterocycles. The summed E-state index contributed by atoms with van der Waals surface area (Å²) in [5.41, 5.74) is 0.477. The van der Waals surface area contributed by atoms with Crippen LogP contribution in [0.3, 0.4) is 0 Å². The van der Waals surface area contributed by atoms with E-state index in [1.807, 2.05) is 42.5 Å². The van der Waals surface area contributed by atoms with Crippen LogP contribution in [0.25, 0.3) is 32.0 Å². The quantitative estimate of drug-likeness (QED) is 0.189. The second-order valence-corrected chi connectivity index (χ2v) is 9.81. The van der Waals surface area contributed by atoms with Crippen LogP contribution in [0.4, 0.5) is 5.13 Å². The smallest absolute Gasteiger partial charge is 0.349 e. The lowest BCUT2D eigenvalue weighted by atomic mass is 10.0. The van der Waals surface area contributed by atoms with E-state index in [1.54, 1.807) is 17.0 Å². The number of likely N-dealkylation sites (N-methyl/N-ethyl adjacent to an activating group) is 1. The van der Waals surface area contributed by atoms with Gasteiger partial charge in [0.25, 0.3) is 5.91 Å². The minimum absolute atomic E-state index is 0. The maximum Gasteiger partial charge on any atom is 0.349 e. The van der Waals surface area contributed by atoms with Gasteiger partial charge in [-0.15, -0.1) is 12.4 Å². The van der Waals surface area contributed by atoms with Crippen LogP contribution in [-0.2, 0) is 0 Å². The van der Waals surface area contributed by atoms with E-state index in [0.717, 1.165) is 33.9 Å². The van der Waals surface area contributed by atoms with E-state index in [0.29, 0.717) is 40.8 Å². The Kier molecular flexibility index (Phi) is 7.25. The second kappa shape index (κ2) is 10.6. The zero-order valence-electron chi connectivity index (χ0n) is 20.9. The molecule has 196 valence electrons. The number of thiazole rings is 1. The van der Waals surface area contributed by atoms with Crippen LogP contribution < -0.4 is 20.0 Å². The third-order valence-electron chi connectivity index (χ3n) is 6.75. The van der Waals surface area contributed by atoms with Crippen molar-refractivity contribution in [1.82, 2.24) is 9.88 Å². The van der Waals surface area contributed by atoms with Crippen LogP contribution in [0.1, 0.15) is 24.2 Å². The molecule has 10 heteroatoms. The minimum Gasteiger partial charge on any atom is -0.454 e. The van der Waals surface area contributed by atoms with E-state index in [4.69, 9.17) is 18.9 Å². The Bertz CT molecular complexity index is 1670. The number of rotatable bonds is 7. The van der Waals surface area contributed by atoms with Crippen molar-refractivity contribution in [3.63, 3.8) is 0 Å². The standard InChI is InChI=1S/C28H25N3O5S.ClH/c1-3-30(4-2)11-12-31(28-29-21-14-23-24(35-16-34-23)15-25(21)37-28)26(32)20-13-19-18-8-6-5-7-17(18)9-10-22(19)36-27(20)33;/h5-10,13-15H,3-4,11-12,16H2,1-2H3;1H. The summed E-state index contributed by atoms with van der Waals surface area (Å²) in [5, 5.41) is 3.15. The molecule has 3 aromatic carbocycles. The van der Waals surface area contributed by atoms with Gasteiger partial charge in [0, 0.05) is 30.6 Å². The largest absolute Gasteiger partial charge is 0.454 e. The van der Waals surface area contributed by atoms with Gasteiger partial charge in [0.05, 0.1) is 10.2 Å². The number of hydrogen-bond acceptors (Lipinski definition) is 8. The number of ether oxygens (including phenoxy) is 2. The summed E-state index contributed by atoms with van der Waals surface area (Å²) in [5.74, 6) is 0.855. The van der Waals surface area contributed by atoms with Crippen LogP contribution in [0.5, 0.6) is 11.5 Å². The van der Waals surface area contributed by atoms with Crippen molar-refractivity contribution in [2.45, 2.75) is 13.8 Å². The van der Waals surface area contributed by atoms with Gasteiger partial charge >= 0.3 is 5.63 Å². The molecule has 0 unspecified atom stereocenters. The maximum absolute atomic E-state index is 14.0. The monoisotopic (exact) mass is 551 g/mol. The van der Waals surface area contributed by atoms with Gasteiger partial charge in [-0.3, -0.25) is 9.69 Å². The minimum atomic E-state index is -0.664. The summed E-state index contributed by atoms with van der Waals surface area (Å²) < 4.78 is 17.5. The average molecular weight is 552 g/mol. The predicted molar refractivity (Wildman–Crippen MR) is 152 cm³/mol. The number of aromatic nitrogens is 1. The molecule has 8 nitrogen and oxygen atoms in total. The Balaban J connectivity index is 0.00000294. The molecule has 0 saturated heterocycles. The van der Waals surface area contributed by atoms with Crippen molar-refractivity contribution >= 4 is 66.7 Å². The van der Waals surface area contributed by atoms with Crippen molar-refractivity contribution in [3.05, 3.63) is 70.6 Å². The molecule has 0 spiro atoms. The summed E-state index contributed by atoms with van der Waals surface area (Å²) in [6.07, 6.45) is 0. The van der Waals surface area contributed by atoms with E-state index >= 15 is 0 Å². The average Bonchev–Trinajstić information content (AvgIpc) is 3.54. The highest BCUT2D eigenvalue weighted by molar-refractivity contribution is 7.22. The van der Waals surface area contributed by atoms with Crippen molar-refractivity contribution in [1.29, 1.82) is 0 Å². The van der Waals surface area contributed by atoms with Crippen molar-refractivity contribution in [3.8, 4) is 11.5 Å². The number of fused-ring (bicyclic) bond motifs is 5. The molecule has 0 fully saturated rings. The van der Waals surface area contributed by atoms with Gasteiger partial charge in [-0.25, -0.2) is 9.78 Å². The molecule has 1 aliphatic rings. The summed E-state index contributed by atoms with van der Waals surface area (Å²) in [6.45, 7) is 7.06. The van der Waals surface area contributed by atoms with Crippen LogP contribution in [0, 0.1) is 0 Å². The fraction of sp³-hybridized carbons (Fsp3) is 0.250. The highest BCUT2D eigenvalue weighted by atomic mass is 35.5. The van der Waals surface area contributed by atoms with E-state index < -0.39 is 11.5 Å². The molecular weight excluding hydrogens is 526 g/mol. The van der Waals surface area contributed by atoms with E-state index in [-0.39, 0.29) is 24.8 Å². The lowest BCUT2D eigenvalue weighted by Gasteiger charge is -2.24. The van der Waals surface area contributed by atoms with Gasteiger partial charge in [-0.05, 0) is 36.0 Å². The first-order valence-electron chi connectivity index (χ1n) is 12.3. The lowest BCUT2D eigenvalue weighted by molar-refractivity contribution is 0.0980. The maximum atomic E-state index is 14.0. The Labute approximate surface area is 228 Å². The number of hydrogen-bond donors (Lipinski definition) is 0. The van der Waals surface area contributed by atoms with Gasteiger partial charge in [0.1, 0.15) is 11.1 Å². The van der Waals surface area contributed by atoms with Gasteiger partial charge < -0.3 is 18.8 Å². The molecule has 5 aromatic rings. The van der Waals surface area contributed by atoms with Gasteiger partial charge in [-0.1, -0.05) is 55.5 Å². The van der Waals surface area contributed by atoms with Crippen LogP contribution >= 0.6 is 23.7 Å². The first-order chi connectivity index (χ1) is 18.1. The Hall–Kier alpha value is -3.66. The summed E-state index contributed by atoms with van der Waals surface area (Å²) in [7, 11) is 0. The highest BCUT2D eigenvalue weighted by Crippen LogP contribution is 2.40. The molecule has 1 amide bonds. The number of amides is 1. The molecule has 0 N–H and O–H groups in total. The predicted octanol–water partition coefficient (Wildman–Crippen LogP) is 5.70. The van der Waals surface area contributed by atoms with Gasteiger partial charge in [0.15, 0.2) is 16.6 Å². The first kappa shape index (κ1) is 26.0. The molecule has 0 radical (unpaired) electrons. The third-order valence-corrected chi connectivity index (χ3v) is 7.80. The molecular formula is C28H26ClN3O5S. The molecule has 2 aromatic heterocycles. The number of carbonyl (C=O) groups excluding carboxylic acids is 1. The normalized spacial score (nSPS) is 12.4. The first-order valence-corrected chi connectivity index (χ1v) is 13.1. The zero-order valence-corrected chi connectivity index (χ0v) is 22.6. The number of anilines is 1. The third kappa shape index (κ3) is 4.57. The molecule has 0 bridgehead atoms. The number of nitrogens with zero attached hydrogens (tertiary/aromatic N) is 3. The topological polar surface area (TPSA) is 85.1 Å². The van der Waals surface area contributed by atoms with Crippen LogP contribution in [-0.4, -0.2) is 48.8 Å². The van der Waals surface area contributed by atoms with Crippen molar-refractivity contribution in [2.24, 2.45) is 0 Å². The fourth-order valence-electron chi connectivity index (χ4n) is 4.65. The Morgan fingerprint density at radius 2 is 1.74 bits per heavy atom. The summed E-state index contributed by atoms with van der Waals surface area (Å²) in [4.78, 5) is 35.6. The lowest BCUT2D eigenvalue weighted by Crippen LogP contribution is -2.40. The summed E-state index contributed by atoms with van der Waals surface area (Å²) in [6, 6.07) is 16.9. The Morgan fingerprint density at radius 1 is 0.974 bits per heavy atom. The van der Waals surface area contributed by atoms with Crippen molar-refractivity contribution < 1.29 is 18.7 Å². The molecule has 0 saturated carbocycles. The van der Waals surface area contributed by atoms with Crippen LogP contribution in [0.2, 0.25) is 0 Å². The summed E-state index contributed by atoms with van der Waals surface area (Å²) >= 11 is 1.38. The SMILES string of the molecule is CCN(CC)CCN(C(=O)c1cc2c(ccc3ccccc32)oc1=O)c1nc2cc3c(cc2s1)OCO3.Cl. The fourth-order valence-corrected chi connectivity index (χ4v) is 5.65. The van der Waals surface area contributed by atoms with E-state index in [1.165, 1.54) is 11.3 Å².